The highest BCUT2D eigenvalue weighted by Gasteiger charge is 2.26. The highest BCUT2D eigenvalue weighted by Crippen LogP contribution is 2.24. The first-order valence-corrected chi connectivity index (χ1v) is 5.54. The van der Waals surface area contributed by atoms with E-state index < -0.39 is 27.2 Å². The predicted octanol–water partition coefficient (Wildman–Crippen LogP) is 1.70. The third-order valence-corrected chi connectivity index (χ3v) is 2.74. The summed E-state index contributed by atoms with van der Waals surface area (Å²) in [6.45, 7) is 1.62. The lowest BCUT2D eigenvalue weighted by molar-refractivity contribution is -0.385. The fraction of sp³-hybridized carbons (Fsp3) is 0.0909. The van der Waals surface area contributed by atoms with E-state index in [1.807, 2.05) is 0 Å². The Morgan fingerprint density at radius 3 is 2.43 bits per heavy atom. The number of aryl methyl sites for hydroxylation is 1. The standard InChI is InChI=1S/C11H8N4O6/c1-6-2-3-7(14(18)19)4-8(6)13-5-9(15(20)21)10(12-13)11(16)17/h2-5H,1H3,(H,16,17). The molecule has 10 nitrogen and oxygen atoms in total. The van der Waals surface area contributed by atoms with Gasteiger partial charge < -0.3 is 5.11 Å². The number of non-ortho nitro benzene ring substituents is 1. The molecule has 0 aliphatic heterocycles. The van der Waals surface area contributed by atoms with Crippen LogP contribution in [0.2, 0.25) is 0 Å². The molecular formula is C11H8N4O6. The van der Waals surface area contributed by atoms with Gasteiger partial charge in [0.2, 0.25) is 5.69 Å². The molecule has 1 heterocycles. The van der Waals surface area contributed by atoms with Gasteiger partial charge in [0.25, 0.3) is 5.69 Å². The molecule has 0 fully saturated rings. The molecule has 0 saturated heterocycles. The van der Waals surface area contributed by atoms with E-state index in [0.29, 0.717) is 5.56 Å². The number of nitro groups is 2. The minimum absolute atomic E-state index is 0.194. The molecule has 2 rings (SSSR count). The summed E-state index contributed by atoms with van der Waals surface area (Å²) in [4.78, 5) is 31.0. The molecule has 0 spiro atoms. The van der Waals surface area contributed by atoms with E-state index >= 15 is 0 Å². The number of carboxylic acids is 1. The molecule has 0 aliphatic rings. The Labute approximate surface area is 116 Å². The molecule has 1 N–H and O–H groups in total. The monoisotopic (exact) mass is 292 g/mol. The van der Waals surface area contributed by atoms with E-state index in [1.165, 1.54) is 12.1 Å². The molecule has 1 aromatic carbocycles. The summed E-state index contributed by atoms with van der Waals surface area (Å²) in [5.41, 5.74) is -0.903. The van der Waals surface area contributed by atoms with Gasteiger partial charge in [0.15, 0.2) is 0 Å². The molecule has 108 valence electrons. The lowest BCUT2D eigenvalue weighted by atomic mass is 10.2. The summed E-state index contributed by atoms with van der Waals surface area (Å²) < 4.78 is 0.948. The fourth-order valence-electron chi connectivity index (χ4n) is 1.73. The number of nitro benzene ring substituents is 1. The van der Waals surface area contributed by atoms with Crippen LogP contribution in [0, 0.1) is 27.2 Å². The average Bonchev–Trinajstić information content (AvgIpc) is 2.84. The van der Waals surface area contributed by atoms with Gasteiger partial charge in [-0.05, 0) is 12.5 Å². The third-order valence-electron chi connectivity index (χ3n) is 2.74. The number of carboxylic acid groups (broad SMARTS) is 1. The van der Waals surface area contributed by atoms with Crippen molar-refractivity contribution in [3.05, 3.63) is 55.9 Å². The first-order chi connectivity index (χ1) is 9.81. The average molecular weight is 292 g/mol. The van der Waals surface area contributed by atoms with Crippen molar-refractivity contribution in [3.8, 4) is 5.69 Å². The molecule has 0 radical (unpaired) electrons. The third kappa shape index (κ3) is 2.54. The van der Waals surface area contributed by atoms with Crippen molar-refractivity contribution in [2.45, 2.75) is 6.92 Å². The molecule has 0 saturated carbocycles. The summed E-state index contributed by atoms with van der Waals surface area (Å²) in [6, 6.07) is 3.88. The van der Waals surface area contributed by atoms with E-state index in [9.17, 15) is 25.0 Å². The molecule has 0 atom stereocenters. The van der Waals surface area contributed by atoms with Crippen LogP contribution in [-0.4, -0.2) is 30.7 Å². The maximum absolute atomic E-state index is 10.9. The summed E-state index contributed by atoms with van der Waals surface area (Å²) >= 11 is 0. The van der Waals surface area contributed by atoms with Gasteiger partial charge in [0, 0.05) is 12.1 Å². The number of hydrogen-bond donors (Lipinski definition) is 1. The van der Waals surface area contributed by atoms with Crippen molar-refractivity contribution < 1.29 is 19.7 Å². The van der Waals surface area contributed by atoms with Crippen molar-refractivity contribution in [3.63, 3.8) is 0 Å². The Hall–Kier alpha value is -3.30. The number of rotatable bonds is 4. The van der Waals surface area contributed by atoms with Crippen LogP contribution in [0.5, 0.6) is 0 Å². The number of hydrogen-bond acceptors (Lipinski definition) is 6. The maximum Gasteiger partial charge on any atom is 0.363 e. The quantitative estimate of drug-likeness (QED) is 0.667. The van der Waals surface area contributed by atoms with Gasteiger partial charge in [0.1, 0.15) is 6.20 Å². The van der Waals surface area contributed by atoms with E-state index in [4.69, 9.17) is 5.11 Å². The summed E-state index contributed by atoms with van der Waals surface area (Å²) in [6.07, 6.45) is 0.912. The van der Waals surface area contributed by atoms with Gasteiger partial charge >= 0.3 is 11.7 Å². The minimum atomic E-state index is -1.55. The first kappa shape index (κ1) is 14.1. The molecule has 0 aliphatic carbocycles. The highest BCUT2D eigenvalue weighted by atomic mass is 16.6. The zero-order valence-electron chi connectivity index (χ0n) is 10.6. The molecule has 1 aromatic heterocycles. The molecule has 2 aromatic rings. The lowest BCUT2D eigenvalue weighted by Crippen LogP contribution is -2.04. The van der Waals surface area contributed by atoms with Crippen LogP contribution in [0.4, 0.5) is 11.4 Å². The number of aromatic carboxylic acids is 1. The van der Waals surface area contributed by atoms with Gasteiger partial charge in [-0.1, -0.05) is 6.07 Å². The second-order valence-corrected chi connectivity index (χ2v) is 4.10. The number of carbonyl (C=O) groups is 1. The second kappa shape index (κ2) is 5.00. The molecule has 0 amide bonds. The van der Waals surface area contributed by atoms with Crippen LogP contribution in [0.25, 0.3) is 5.69 Å². The Kier molecular flexibility index (Phi) is 3.36. The van der Waals surface area contributed by atoms with Crippen molar-refractivity contribution in [1.29, 1.82) is 0 Å². The van der Waals surface area contributed by atoms with Gasteiger partial charge in [0.05, 0.1) is 15.5 Å². The van der Waals surface area contributed by atoms with Crippen molar-refractivity contribution in [2.24, 2.45) is 0 Å². The fourth-order valence-corrected chi connectivity index (χ4v) is 1.73. The Morgan fingerprint density at radius 2 is 1.95 bits per heavy atom. The van der Waals surface area contributed by atoms with Gasteiger partial charge in [-0.15, -0.1) is 0 Å². The predicted molar refractivity (Wildman–Crippen MR) is 68.6 cm³/mol. The highest BCUT2D eigenvalue weighted by molar-refractivity contribution is 5.90. The van der Waals surface area contributed by atoms with Gasteiger partial charge in [-0.25, -0.2) is 9.48 Å². The van der Waals surface area contributed by atoms with Gasteiger partial charge in [-0.3, -0.25) is 20.2 Å². The number of nitrogens with zero attached hydrogens (tertiary/aromatic N) is 4. The van der Waals surface area contributed by atoms with E-state index in [2.05, 4.69) is 5.10 Å². The largest absolute Gasteiger partial charge is 0.476 e. The maximum atomic E-state index is 10.9. The number of aromatic nitrogens is 2. The Balaban J connectivity index is 2.64. The van der Waals surface area contributed by atoms with E-state index in [1.54, 1.807) is 6.92 Å². The smallest absolute Gasteiger partial charge is 0.363 e. The van der Waals surface area contributed by atoms with Crippen LogP contribution in [-0.2, 0) is 0 Å². The zero-order valence-corrected chi connectivity index (χ0v) is 10.6. The second-order valence-electron chi connectivity index (χ2n) is 4.10. The van der Waals surface area contributed by atoms with Crippen LogP contribution < -0.4 is 0 Å². The summed E-state index contributed by atoms with van der Waals surface area (Å²) in [5, 5.41) is 34.1. The van der Waals surface area contributed by atoms with Crippen molar-refractivity contribution in [2.75, 3.05) is 0 Å². The van der Waals surface area contributed by atoms with Crippen LogP contribution in [0.15, 0.2) is 24.4 Å². The molecule has 0 bridgehead atoms. The number of benzene rings is 1. The summed E-state index contributed by atoms with van der Waals surface area (Å²) in [5.74, 6) is -1.55. The van der Waals surface area contributed by atoms with Gasteiger partial charge in [-0.2, -0.15) is 5.10 Å². The molecule has 21 heavy (non-hydrogen) atoms. The Morgan fingerprint density at radius 1 is 1.29 bits per heavy atom. The van der Waals surface area contributed by atoms with Crippen molar-refractivity contribution >= 4 is 17.3 Å². The molecular weight excluding hydrogens is 284 g/mol. The summed E-state index contributed by atoms with van der Waals surface area (Å²) in [7, 11) is 0. The first-order valence-electron chi connectivity index (χ1n) is 5.54. The SMILES string of the molecule is Cc1ccc([N+](=O)[O-])cc1-n1cc([N+](=O)[O-])c(C(=O)O)n1. The van der Waals surface area contributed by atoms with Crippen LogP contribution in [0.3, 0.4) is 0 Å². The normalized spacial score (nSPS) is 10.3. The van der Waals surface area contributed by atoms with Crippen molar-refractivity contribution in [1.82, 2.24) is 9.78 Å². The van der Waals surface area contributed by atoms with E-state index in [0.717, 1.165) is 16.9 Å². The molecule has 10 heteroatoms. The Bertz CT molecular complexity index is 735. The topological polar surface area (TPSA) is 141 Å². The minimum Gasteiger partial charge on any atom is -0.476 e. The van der Waals surface area contributed by atoms with E-state index in [-0.39, 0.29) is 11.4 Å². The molecule has 0 unspecified atom stereocenters. The van der Waals surface area contributed by atoms with Crippen LogP contribution in [0.1, 0.15) is 16.1 Å². The van der Waals surface area contributed by atoms with Crippen LogP contribution >= 0.6 is 0 Å². The lowest BCUT2D eigenvalue weighted by Gasteiger charge is -2.04. The zero-order chi connectivity index (χ0) is 15.7.